The fourth-order valence-electron chi connectivity index (χ4n) is 3.41. The first kappa shape index (κ1) is 19.9. The van der Waals surface area contributed by atoms with Crippen molar-refractivity contribution >= 4 is 23.4 Å². The number of hydrogen-bond donors (Lipinski definition) is 0. The molecule has 1 aliphatic heterocycles. The van der Waals surface area contributed by atoms with Gasteiger partial charge >= 0.3 is 0 Å². The van der Waals surface area contributed by atoms with Gasteiger partial charge in [0.15, 0.2) is 0 Å². The van der Waals surface area contributed by atoms with Gasteiger partial charge in [-0.1, -0.05) is 23.9 Å². The molecule has 2 heterocycles. The van der Waals surface area contributed by atoms with E-state index in [-0.39, 0.29) is 11.5 Å². The maximum atomic E-state index is 13.9. The topological polar surface area (TPSA) is 60.2 Å². The van der Waals surface area contributed by atoms with Crippen LogP contribution in [0, 0.1) is 17.1 Å². The summed E-state index contributed by atoms with van der Waals surface area (Å²) in [5.41, 5.74) is 1.27. The van der Waals surface area contributed by atoms with E-state index in [1.54, 1.807) is 35.0 Å². The van der Waals surface area contributed by atoms with Gasteiger partial charge in [-0.2, -0.15) is 5.26 Å². The van der Waals surface area contributed by atoms with Gasteiger partial charge in [0.2, 0.25) is 0 Å². The van der Waals surface area contributed by atoms with Crippen LogP contribution in [0.1, 0.15) is 15.9 Å². The van der Waals surface area contributed by atoms with Gasteiger partial charge in [-0.25, -0.2) is 9.37 Å². The van der Waals surface area contributed by atoms with Crippen molar-refractivity contribution in [2.75, 3.05) is 31.1 Å². The maximum absolute atomic E-state index is 13.9. The van der Waals surface area contributed by atoms with Crippen LogP contribution in [-0.4, -0.2) is 42.0 Å². The molecule has 3 aromatic rings. The van der Waals surface area contributed by atoms with E-state index >= 15 is 0 Å². The highest BCUT2D eigenvalue weighted by Crippen LogP contribution is 2.27. The van der Waals surface area contributed by atoms with Crippen molar-refractivity contribution in [3.8, 4) is 6.07 Å². The third-order valence-corrected chi connectivity index (χ3v) is 5.93. The molecule has 1 aliphatic rings. The molecule has 0 atom stereocenters. The highest BCUT2D eigenvalue weighted by molar-refractivity contribution is 7.99. The summed E-state index contributed by atoms with van der Waals surface area (Å²) < 4.78 is 13.9. The lowest BCUT2D eigenvalue weighted by atomic mass is 10.1. The van der Waals surface area contributed by atoms with Crippen LogP contribution >= 0.6 is 11.8 Å². The average molecular weight is 418 g/mol. The van der Waals surface area contributed by atoms with Gasteiger partial charge in [0.25, 0.3) is 5.91 Å². The maximum Gasteiger partial charge on any atom is 0.253 e. The van der Waals surface area contributed by atoms with E-state index in [1.807, 2.05) is 53.4 Å². The lowest BCUT2D eigenvalue weighted by Crippen LogP contribution is -2.49. The molecule has 1 amide bonds. The molecule has 1 fully saturated rings. The van der Waals surface area contributed by atoms with Crippen LogP contribution in [0.3, 0.4) is 0 Å². The molecule has 1 saturated heterocycles. The molecular formula is C23H19FN4OS. The molecule has 1 aromatic heterocycles. The highest BCUT2D eigenvalue weighted by atomic mass is 32.2. The number of hydrogen-bond acceptors (Lipinski definition) is 5. The molecule has 0 unspecified atom stereocenters. The first-order valence-electron chi connectivity index (χ1n) is 9.57. The number of halogens is 1. The van der Waals surface area contributed by atoms with E-state index in [0.717, 1.165) is 9.92 Å². The average Bonchev–Trinajstić information content (AvgIpc) is 2.80. The first-order valence-corrected chi connectivity index (χ1v) is 10.4. The van der Waals surface area contributed by atoms with Crippen LogP contribution in [0.25, 0.3) is 0 Å². The number of pyridine rings is 1. The zero-order valence-electron chi connectivity index (χ0n) is 16.2. The molecule has 7 heteroatoms. The predicted octanol–water partition coefficient (Wildman–Crippen LogP) is 4.21. The normalized spacial score (nSPS) is 13.7. The number of carbonyl (C=O) groups excluding carboxylic acids is 1. The van der Waals surface area contributed by atoms with E-state index in [9.17, 15) is 14.4 Å². The summed E-state index contributed by atoms with van der Waals surface area (Å²) in [7, 11) is 0. The zero-order chi connectivity index (χ0) is 20.9. The van der Waals surface area contributed by atoms with Gasteiger partial charge in [0.1, 0.15) is 22.5 Å². The van der Waals surface area contributed by atoms with Gasteiger partial charge in [-0.15, -0.1) is 0 Å². The number of aromatic nitrogens is 1. The van der Waals surface area contributed by atoms with Gasteiger partial charge in [-0.05, 0) is 48.5 Å². The lowest BCUT2D eigenvalue weighted by Gasteiger charge is -2.36. The summed E-state index contributed by atoms with van der Waals surface area (Å²) in [5, 5.41) is 10.2. The van der Waals surface area contributed by atoms with Crippen LogP contribution in [0.4, 0.5) is 10.1 Å². The molecular weight excluding hydrogens is 399 g/mol. The Morgan fingerprint density at radius 2 is 1.77 bits per heavy atom. The number of anilines is 1. The van der Waals surface area contributed by atoms with Gasteiger partial charge in [0, 0.05) is 42.8 Å². The Labute approximate surface area is 178 Å². The summed E-state index contributed by atoms with van der Waals surface area (Å²) in [4.78, 5) is 21.9. The number of piperazine rings is 1. The second-order valence-corrected chi connectivity index (χ2v) is 7.91. The third-order valence-electron chi connectivity index (χ3n) is 4.97. The summed E-state index contributed by atoms with van der Waals surface area (Å²) in [5.74, 6) is -0.541. The number of nitrogens with zero attached hydrogens (tertiary/aromatic N) is 4. The first-order chi connectivity index (χ1) is 14.7. The molecule has 30 heavy (non-hydrogen) atoms. The number of nitriles is 1. The van der Waals surface area contributed by atoms with E-state index < -0.39 is 5.82 Å². The minimum absolute atomic E-state index is 0.0243. The molecule has 0 aliphatic carbocycles. The molecule has 0 N–H and O–H groups in total. The predicted molar refractivity (Wildman–Crippen MR) is 114 cm³/mol. The summed E-state index contributed by atoms with van der Waals surface area (Å²) in [6.45, 7) is 2.14. The largest absolute Gasteiger partial charge is 0.367 e. The minimum Gasteiger partial charge on any atom is -0.367 e. The van der Waals surface area contributed by atoms with Crippen molar-refractivity contribution in [2.24, 2.45) is 0 Å². The Bertz CT molecular complexity index is 1070. The SMILES string of the molecule is N#Cc1c(F)cccc1N1CCN(C(=O)c2ccc(Sc3ccccn3)cc2)CC1. The van der Waals surface area contributed by atoms with E-state index in [4.69, 9.17) is 0 Å². The Hall–Kier alpha value is -3.37. The van der Waals surface area contributed by atoms with Gasteiger partial charge in [-0.3, -0.25) is 4.79 Å². The van der Waals surface area contributed by atoms with E-state index in [0.29, 0.717) is 37.4 Å². The molecule has 150 valence electrons. The summed E-state index contributed by atoms with van der Waals surface area (Å²) >= 11 is 1.55. The fraction of sp³-hybridized carbons (Fsp3) is 0.174. The van der Waals surface area contributed by atoms with Gasteiger partial charge < -0.3 is 9.80 Å². The molecule has 2 aromatic carbocycles. The number of carbonyl (C=O) groups is 1. The van der Waals surface area contributed by atoms with Crippen molar-refractivity contribution in [2.45, 2.75) is 9.92 Å². The second kappa shape index (κ2) is 8.97. The number of benzene rings is 2. The number of rotatable bonds is 4. The van der Waals surface area contributed by atoms with Crippen LogP contribution in [0.15, 0.2) is 76.8 Å². The monoisotopic (exact) mass is 418 g/mol. The van der Waals surface area contributed by atoms with Crippen LogP contribution in [-0.2, 0) is 0 Å². The van der Waals surface area contributed by atoms with E-state index in [1.165, 1.54) is 6.07 Å². The van der Waals surface area contributed by atoms with Crippen molar-refractivity contribution in [3.63, 3.8) is 0 Å². The van der Waals surface area contributed by atoms with Crippen molar-refractivity contribution in [3.05, 3.63) is 83.8 Å². The summed E-state index contributed by atoms with van der Waals surface area (Å²) in [6, 6.07) is 19.9. The molecule has 0 spiro atoms. The quantitative estimate of drug-likeness (QED) is 0.635. The zero-order valence-corrected chi connectivity index (χ0v) is 17.0. The minimum atomic E-state index is -0.517. The fourth-order valence-corrected chi connectivity index (χ4v) is 4.19. The van der Waals surface area contributed by atoms with Crippen LogP contribution < -0.4 is 4.90 Å². The number of amides is 1. The Morgan fingerprint density at radius 1 is 1.00 bits per heavy atom. The lowest BCUT2D eigenvalue weighted by molar-refractivity contribution is 0.0746. The summed E-state index contributed by atoms with van der Waals surface area (Å²) in [6.07, 6.45) is 1.75. The standard InChI is InChI=1S/C23H19FN4OS/c24-20-4-3-5-21(19(20)16-25)27-12-14-28(15-13-27)23(29)17-7-9-18(10-8-17)30-22-6-1-2-11-26-22/h1-11H,12-15H2. The van der Waals surface area contributed by atoms with Gasteiger partial charge in [0.05, 0.1) is 5.69 Å². The van der Waals surface area contributed by atoms with E-state index in [2.05, 4.69) is 4.98 Å². The molecule has 0 radical (unpaired) electrons. The third kappa shape index (κ3) is 4.29. The Kier molecular flexibility index (Phi) is 5.96. The molecule has 0 saturated carbocycles. The van der Waals surface area contributed by atoms with Crippen molar-refractivity contribution < 1.29 is 9.18 Å². The molecule has 4 rings (SSSR count). The second-order valence-electron chi connectivity index (χ2n) is 6.82. The van der Waals surface area contributed by atoms with Crippen molar-refractivity contribution in [1.29, 1.82) is 5.26 Å². The van der Waals surface area contributed by atoms with Crippen LogP contribution in [0.2, 0.25) is 0 Å². The Balaban J connectivity index is 1.39. The van der Waals surface area contributed by atoms with Crippen LogP contribution in [0.5, 0.6) is 0 Å². The highest BCUT2D eigenvalue weighted by Gasteiger charge is 2.24. The molecule has 0 bridgehead atoms. The molecule has 5 nitrogen and oxygen atoms in total. The van der Waals surface area contributed by atoms with Crippen molar-refractivity contribution in [1.82, 2.24) is 9.88 Å². The smallest absolute Gasteiger partial charge is 0.253 e. The Morgan fingerprint density at radius 3 is 2.43 bits per heavy atom.